The van der Waals surface area contributed by atoms with E-state index in [4.69, 9.17) is 9.84 Å². The number of rotatable bonds is 5. The first-order valence-corrected chi connectivity index (χ1v) is 7.48. The van der Waals surface area contributed by atoms with Crippen LogP contribution in [0.3, 0.4) is 0 Å². The Kier molecular flexibility index (Phi) is 4.57. The Morgan fingerprint density at radius 1 is 1.26 bits per heavy atom. The summed E-state index contributed by atoms with van der Waals surface area (Å²) in [5.41, 5.74) is 0.0238. The summed E-state index contributed by atoms with van der Waals surface area (Å²) in [6.45, 7) is 4.79. The Morgan fingerprint density at radius 3 is 2.37 bits per heavy atom. The Labute approximate surface area is 113 Å². The SMILES string of the molecule is CC(C)(C)S(=O)(=O)CCOc1ccccc1C(=O)O. The van der Waals surface area contributed by atoms with Crippen LogP contribution < -0.4 is 4.74 Å². The van der Waals surface area contributed by atoms with Gasteiger partial charge < -0.3 is 9.84 Å². The van der Waals surface area contributed by atoms with Gasteiger partial charge in [-0.05, 0) is 32.9 Å². The van der Waals surface area contributed by atoms with Crippen molar-refractivity contribution >= 4 is 15.8 Å². The third-order valence-electron chi connectivity index (χ3n) is 2.66. The van der Waals surface area contributed by atoms with Crippen LogP contribution in [0.4, 0.5) is 0 Å². The Bertz CT molecular complexity index is 555. The first kappa shape index (κ1) is 15.5. The maximum atomic E-state index is 11.9. The molecule has 106 valence electrons. The minimum absolute atomic E-state index is 0.0238. The summed E-state index contributed by atoms with van der Waals surface area (Å²) in [5.74, 6) is -1.07. The van der Waals surface area contributed by atoms with Crippen LogP contribution in [0.5, 0.6) is 5.75 Å². The fraction of sp³-hybridized carbons (Fsp3) is 0.462. The van der Waals surface area contributed by atoms with E-state index in [1.54, 1.807) is 32.9 Å². The molecule has 0 heterocycles. The number of carboxylic acid groups (broad SMARTS) is 1. The van der Waals surface area contributed by atoms with Crippen molar-refractivity contribution in [1.29, 1.82) is 0 Å². The van der Waals surface area contributed by atoms with Crippen molar-refractivity contribution in [2.45, 2.75) is 25.5 Å². The van der Waals surface area contributed by atoms with E-state index in [9.17, 15) is 13.2 Å². The van der Waals surface area contributed by atoms with Crippen molar-refractivity contribution in [3.05, 3.63) is 29.8 Å². The van der Waals surface area contributed by atoms with Gasteiger partial charge in [-0.15, -0.1) is 0 Å². The highest BCUT2D eigenvalue weighted by Gasteiger charge is 2.28. The second-order valence-corrected chi connectivity index (χ2v) is 7.94. The Balaban J connectivity index is 2.72. The van der Waals surface area contributed by atoms with Crippen molar-refractivity contribution < 1.29 is 23.1 Å². The van der Waals surface area contributed by atoms with Crippen molar-refractivity contribution in [3.63, 3.8) is 0 Å². The Morgan fingerprint density at radius 2 is 1.84 bits per heavy atom. The zero-order chi connectivity index (χ0) is 14.7. The lowest BCUT2D eigenvalue weighted by atomic mass is 10.2. The number of hydrogen-bond acceptors (Lipinski definition) is 4. The molecule has 0 fully saturated rings. The molecule has 19 heavy (non-hydrogen) atoms. The zero-order valence-corrected chi connectivity index (χ0v) is 12.0. The summed E-state index contributed by atoms with van der Waals surface area (Å²) in [7, 11) is -3.27. The van der Waals surface area contributed by atoms with Crippen LogP contribution in [0.25, 0.3) is 0 Å². The molecule has 6 heteroatoms. The van der Waals surface area contributed by atoms with Gasteiger partial charge in [-0.25, -0.2) is 13.2 Å². The average Bonchev–Trinajstić information content (AvgIpc) is 2.27. The maximum absolute atomic E-state index is 11.9. The molecule has 5 nitrogen and oxygen atoms in total. The number of hydrogen-bond donors (Lipinski definition) is 1. The fourth-order valence-electron chi connectivity index (χ4n) is 1.34. The van der Waals surface area contributed by atoms with Crippen LogP contribution in [-0.2, 0) is 9.84 Å². The summed E-state index contributed by atoms with van der Waals surface area (Å²) in [4.78, 5) is 10.9. The molecule has 0 radical (unpaired) electrons. The summed E-state index contributed by atoms with van der Waals surface area (Å²) < 4.78 is 28.2. The Hall–Kier alpha value is -1.56. The van der Waals surface area contributed by atoms with Gasteiger partial charge in [-0.2, -0.15) is 0 Å². The molecule has 0 unspecified atom stereocenters. The predicted molar refractivity (Wildman–Crippen MR) is 72.4 cm³/mol. The molecule has 0 saturated heterocycles. The van der Waals surface area contributed by atoms with E-state index < -0.39 is 20.6 Å². The van der Waals surface area contributed by atoms with Gasteiger partial charge in [0.15, 0.2) is 9.84 Å². The van der Waals surface area contributed by atoms with Gasteiger partial charge in [-0.1, -0.05) is 12.1 Å². The number of para-hydroxylation sites is 1. The molecule has 0 aliphatic carbocycles. The summed E-state index contributed by atoms with van der Waals surface area (Å²) in [6, 6.07) is 6.14. The van der Waals surface area contributed by atoms with Gasteiger partial charge >= 0.3 is 5.97 Å². The van der Waals surface area contributed by atoms with Gasteiger partial charge in [0.1, 0.15) is 17.9 Å². The molecule has 0 aromatic heterocycles. The van der Waals surface area contributed by atoms with E-state index >= 15 is 0 Å². The van der Waals surface area contributed by atoms with Gasteiger partial charge in [0, 0.05) is 0 Å². The molecular formula is C13H18O5S. The highest BCUT2D eigenvalue weighted by Crippen LogP contribution is 2.19. The van der Waals surface area contributed by atoms with Crippen LogP contribution in [0, 0.1) is 0 Å². The van der Waals surface area contributed by atoms with Crippen LogP contribution in [0.2, 0.25) is 0 Å². The summed E-state index contributed by atoms with van der Waals surface area (Å²) >= 11 is 0. The lowest BCUT2D eigenvalue weighted by molar-refractivity contribution is 0.0692. The summed E-state index contributed by atoms with van der Waals surface area (Å²) in [5, 5.41) is 8.96. The standard InChI is InChI=1S/C13H18O5S/c1-13(2,3)19(16,17)9-8-18-11-7-5-4-6-10(11)12(14)15/h4-7H,8-9H2,1-3H3,(H,14,15). The van der Waals surface area contributed by atoms with Crippen molar-refractivity contribution in [3.8, 4) is 5.75 Å². The molecule has 1 aromatic carbocycles. The van der Waals surface area contributed by atoms with E-state index in [0.29, 0.717) is 0 Å². The van der Waals surface area contributed by atoms with Crippen molar-refractivity contribution in [2.24, 2.45) is 0 Å². The monoisotopic (exact) mass is 286 g/mol. The molecule has 0 aliphatic rings. The molecule has 1 aromatic rings. The quantitative estimate of drug-likeness (QED) is 0.895. The van der Waals surface area contributed by atoms with E-state index in [0.717, 1.165) is 0 Å². The van der Waals surface area contributed by atoms with Crippen LogP contribution in [0.15, 0.2) is 24.3 Å². The molecule has 1 N–H and O–H groups in total. The van der Waals surface area contributed by atoms with Crippen molar-refractivity contribution in [2.75, 3.05) is 12.4 Å². The molecule has 0 atom stereocenters. The van der Waals surface area contributed by atoms with Gasteiger partial charge in [-0.3, -0.25) is 0 Å². The second-order valence-electron chi connectivity index (χ2n) is 5.08. The van der Waals surface area contributed by atoms with E-state index in [1.165, 1.54) is 12.1 Å². The first-order valence-electron chi connectivity index (χ1n) is 5.82. The number of aromatic carboxylic acids is 1. The van der Waals surface area contributed by atoms with Gasteiger partial charge in [0.25, 0.3) is 0 Å². The molecule has 0 amide bonds. The third kappa shape index (κ3) is 3.96. The smallest absolute Gasteiger partial charge is 0.339 e. The summed E-state index contributed by atoms with van der Waals surface area (Å²) in [6.07, 6.45) is 0. The number of carboxylic acids is 1. The first-order chi connectivity index (χ1) is 8.65. The van der Waals surface area contributed by atoms with Crippen LogP contribution in [-0.4, -0.2) is 36.6 Å². The maximum Gasteiger partial charge on any atom is 0.339 e. The number of benzene rings is 1. The topological polar surface area (TPSA) is 80.7 Å². The predicted octanol–water partition coefficient (Wildman–Crippen LogP) is 1.98. The highest BCUT2D eigenvalue weighted by atomic mass is 32.2. The minimum Gasteiger partial charge on any atom is -0.492 e. The number of carbonyl (C=O) groups is 1. The van der Waals surface area contributed by atoms with E-state index in [1.807, 2.05) is 0 Å². The molecule has 0 spiro atoms. The third-order valence-corrected chi connectivity index (χ3v) is 5.23. The molecule has 0 bridgehead atoms. The average molecular weight is 286 g/mol. The van der Waals surface area contributed by atoms with Crippen LogP contribution >= 0.6 is 0 Å². The van der Waals surface area contributed by atoms with Gasteiger partial charge in [0.2, 0.25) is 0 Å². The normalized spacial score (nSPS) is 12.2. The fourth-order valence-corrected chi connectivity index (χ4v) is 2.25. The number of sulfone groups is 1. The van der Waals surface area contributed by atoms with E-state index in [-0.39, 0.29) is 23.7 Å². The molecule has 0 saturated carbocycles. The lowest BCUT2D eigenvalue weighted by Gasteiger charge is -2.19. The molecular weight excluding hydrogens is 268 g/mol. The minimum atomic E-state index is -3.27. The largest absolute Gasteiger partial charge is 0.492 e. The molecule has 1 rings (SSSR count). The lowest BCUT2D eigenvalue weighted by Crippen LogP contribution is -2.32. The second kappa shape index (κ2) is 5.61. The number of ether oxygens (including phenoxy) is 1. The highest BCUT2D eigenvalue weighted by molar-refractivity contribution is 7.92. The zero-order valence-electron chi connectivity index (χ0n) is 11.2. The van der Waals surface area contributed by atoms with E-state index in [2.05, 4.69) is 0 Å². The molecule has 0 aliphatic heterocycles. The van der Waals surface area contributed by atoms with Gasteiger partial charge in [0.05, 0.1) is 10.5 Å². The van der Waals surface area contributed by atoms with Crippen LogP contribution in [0.1, 0.15) is 31.1 Å². The van der Waals surface area contributed by atoms with Crippen molar-refractivity contribution in [1.82, 2.24) is 0 Å².